The Hall–Kier alpha value is -1.89. The Kier molecular flexibility index (Phi) is 3.56. The molecule has 0 aliphatic rings. The molecule has 0 fully saturated rings. The van der Waals surface area contributed by atoms with Gasteiger partial charge in [0.05, 0.1) is 5.39 Å². The number of carboxylic acid groups (broad SMARTS) is 1. The highest BCUT2D eigenvalue weighted by molar-refractivity contribution is 7.18. The number of aromatic nitrogens is 2. The number of carbonyl (C=O) groups is 1. The fourth-order valence-electron chi connectivity index (χ4n) is 2.48. The van der Waals surface area contributed by atoms with Crippen molar-refractivity contribution < 1.29 is 9.90 Å². The Labute approximate surface area is 118 Å². The Morgan fingerprint density at radius 1 is 1.40 bits per heavy atom. The number of carboxylic acids is 1. The molecule has 0 saturated carbocycles. The molecular formula is C13H16N2O4S. The first-order valence-corrected chi connectivity index (χ1v) is 7.18. The molecule has 0 amide bonds. The number of nitrogens with zero attached hydrogens (tertiary/aromatic N) is 1. The number of H-pyrrole nitrogens is 1. The highest BCUT2D eigenvalue weighted by Crippen LogP contribution is 2.24. The van der Waals surface area contributed by atoms with Gasteiger partial charge in [-0.2, -0.15) is 0 Å². The minimum absolute atomic E-state index is 0.163. The third kappa shape index (κ3) is 1.89. The van der Waals surface area contributed by atoms with Gasteiger partial charge in [-0.05, 0) is 25.8 Å². The Morgan fingerprint density at radius 2 is 2.00 bits per heavy atom. The van der Waals surface area contributed by atoms with Crippen LogP contribution < -0.4 is 11.2 Å². The average molecular weight is 296 g/mol. The molecule has 2 aromatic heterocycles. The van der Waals surface area contributed by atoms with Gasteiger partial charge in [0.2, 0.25) is 0 Å². The van der Waals surface area contributed by atoms with Gasteiger partial charge in [0.1, 0.15) is 10.4 Å². The SMILES string of the molecule is CCC(CC)(C(=O)O)n1c(=O)[nH]c2sc(C)cc2c1=O. The summed E-state index contributed by atoms with van der Waals surface area (Å²) in [6, 6.07) is 1.67. The summed E-state index contributed by atoms with van der Waals surface area (Å²) in [5.74, 6) is -1.17. The molecule has 108 valence electrons. The zero-order valence-corrected chi connectivity index (χ0v) is 12.3. The zero-order valence-electron chi connectivity index (χ0n) is 11.5. The highest BCUT2D eigenvalue weighted by Gasteiger charge is 2.40. The van der Waals surface area contributed by atoms with Crippen molar-refractivity contribution in [3.8, 4) is 0 Å². The molecule has 2 aromatic rings. The van der Waals surface area contributed by atoms with Crippen LogP contribution in [-0.2, 0) is 10.3 Å². The van der Waals surface area contributed by atoms with Crippen molar-refractivity contribution in [2.45, 2.75) is 39.2 Å². The smallest absolute Gasteiger partial charge is 0.330 e. The molecule has 0 spiro atoms. The summed E-state index contributed by atoms with van der Waals surface area (Å²) in [7, 11) is 0. The standard InChI is InChI=1S/C13H16N2O4S/c1-4-13(5-2,11(17)18)15-10(16)8-6-7(3)20-9(8)14-12(15)19/h6H,4-5H2,1-3H3,(H,14,19)(H,17,18). The maximum atomic E-state index is 12.5. The lowest BCUT2D eigenvalue weighted by Crippen LogP contribution is -2.53. The van der Waals surface area contributed by atoms with Gasteiger partial charge in [-0.25, -0.2) is 14.2 Å². The predicted octanol–water partition coefficient (Wildman–Crippen LogP) is 1.66. The van der Waals surface area contributed by atoms with Crippen molar-refractivity contribution in [3.05, 3.63) is 31.8 Å². The maximum absolute atomic E-state index is 12.5. The van der Waals surface area contributed by atoms with Gasteiger partial charge in [0.25, 0.3) is 5.56 Å². The largest absolute Gasteiger partial charge is 0.479 e. The summed E-state index contributed by atoms with van der Waals surface area (Å²) in [4.78, 5) is 40.3. The van der Waals surface area contributed by atoms with Crippen LogP contribution in [0.1, 0.15) is 31.6 Å². The average Bonchev–Trinajstić information content (AvgIpc) is 2.75. The minimum atomic E-state index is -1.51. The van der Waals surface area contributed by atoms with E-state index in [0.29, 0.717) is 10.2 Å². The molecule has 2 heterocycles. The van der Waals surface area contributed by atoms with Gasteiger partial charge < -0.3 is 5.11 Å². The summed E-state index contributed by atoms with van der Waals surface area (Å²) in [5.41, 5.74) is -2.72. The molecule has 0 unspecified atom stereocenters. The van der Waals surface area contributed by atoms with Gasteiger partial charge >= 0.3 is 11.7 Å². The summed E-state index contributed by atoms with van der Waals surface area (Å²) in [6.45, 7) is 5.15. The van der Waals surface area contributed by atoms with Crippen LogP contribution >= 0.6 is 11.3 Å². The monoisotopic (exact) mass is 296 g/mol. The molecule has 2 rings (SSSR count). The van der Waals surface area contributed by atoms with E-state index in [-0.39, 0.29) is 12.8 Å². The van der Waals surface area contributed by atoms with Crippen molar-refractivity contribution in [1.82, 2.24) is 9.55 Å². The molecule has 20 heavy (non-hydrogen) atoms. The normalized spacial score (nSPS) is 11.9. The summed E-state index contributed by atoms with van der Waals surface area (Å²) in [6.07, 6.45) is 0.326. The van der Waals surface area contributed by atoms with Crippen LogP contribution in [0.25, 0.3) is 10.2 Å². The van der Waals surface area contributed by atoms with E-state index in [1.807, 2.05) is 6.92 Å². The lowest BCUT2D eigenvalue weighted by molar-refractivity contribution is -0.148. The van der Waals surface area contributed by atoms with E-state index in [1.54, 1.807) is 19.9 Å². The number of aliphatic carboxylic acids is 1. The second-order valence-electron chi connectivity index (χ2n) is 4.71. The molecule has 2 N–H and O–H groups in total. The predicted molar refractivity (Wildman–Crippen MR) is 77.6 cm³/mol. The first-order valence-electron chi connectivity index (χ1n) is 6.36. The van der Waals surface area contributed by atoms with E-state index in [1.165, 1.54) is 11.3 Å². The number of aryl methyl sites for hydroxylation is 1. The van der Waals surface area contributed by atoms with Gasteiger partial charge in [0, 0.05) is 4.88 Å². The van der Waals surface area contributed by atoms with Gasteiger partial charge in [-0.15, -0.1) is 11.3 Å². The van der Waals surface area contributed by atoms with Gasteiger partial charge in [-0.1, -0.05) is 13.8 Å². The van der Waals surface area contributed by atoms with Crippen molar-refractivity contribution in [2.24, 2.45) is 0 Å². The topological polar surface area (TPSA) is 92.2 Å². The van der Waals surface area contributed by atoms with Crippen LogP contribution in [0.3, 0.4) is 0 Å². The van der Waals surface area contributed by atoms with E-state index >= 15 is 0 Å². The third-order valence-electron chi connectivity index (χ3n) is 3.71. The first kappa shape index (κ1) is 14.5. The van der Waals surface area contributed by atoms with Crippen molar-refractivity contribution in [3.63, 3.8) is 0 Å². The Balaban J connectivity index is 2.93. The summed E-state index contributed by atoms with van der Waals surface area (Å²) < 4.78 is 0.851. The Bertz CT molecular complexity index is 780. The molecule has 0 saturated heterocycles. The fraction of sp³-hybridized carbons (Fsp3) is 0.462. The van der Waals surface area contributed by atoms with Crippen LogP contribution in [-0.4, -0.2) is 20.6 Å². The molecule has 0 bridgehead atoms. The van der Waals surface area contributed by atoms with E-state index in [2.05, 4.69) is 4.98 Å². The first-order chi connectivity index (χ1) is 9.37. The van der Waals surface area contributed by atoms with Crippen LogP contribution in [0.4, 0.5) is 0 Å². The third-order valence-corrected chi connectivity index (χ3v) is 4.67. The quantitative estimate of drug-likeness (QED) is 0.897. The van der Waals surface area contributed by atoms with Crippen molar-refractivity contribution in [2.75, 3.05) is 0 Å². The van der Waals surface area contributed by atoms with Crippen molar-refractivity contribution in [1.29, 1.82) is 0 Å². The fourth-order valence-corrected chi connectivity index (χ4v) is 3.38. The maximum Gasteiger partial charge on any atom is 0.330 e. The van der Waals surface area contributed by atoms with E-state index in [0.717, 1.165) is 9.44 Å². The van der Waals surface area contributed by atoms with Crippen molar-refractivity contribution >= 4 is 27.5 Å². The molecule has 7 heteroatoms. The molecule has 0 atom stereocenters. The molecule has 0 aromatic carbocycles. The molecule has 0 aliphatic carbocycles. The second-order valence-corrected chi connectivity index (χ2v) is 5.97. The number of hydrogen-bond acceptors (Lipinski definition) is 4. The Morgan fingerprint density at radius 3 is 2.50 bits per heavy atom. The van der Waals surface area contributed by atoms with Gasteiger partial charge in [-0.3, -0.25) is 9.78 Å². The van der Waals surface area contributed by atoms with Crippen LogP contribution in [0, 0.1) is 6.92 Å². The number of fused-ring (bicyclic) bond motifs is 1. The van der Waals surface area contributed by atoms with E-state index in [4.69, 9.17) is 0 Å². The minimum Gasteiger partial charge on any atom is -0.479 e. The highest BCUT2D eigenvalue weighted by atomic mass is 32.1. The summed E-state index contributed by atoms with van der Waals surface area (Å²) >= 11 is 1.31. The molecule has 6 nitrogen and oxygen atoms in total. The lowest BCUT2D eigenvalue weighted by Gasteiger charge is -2.28. The lowest BCUT2D eigenvalue weighted by atomic mass is 9.92. The zero-order chi connectivity index (χ0) is 15.1. The van der Waals surface area contributed by atoms with Crippen LogP contribution in [0.15, 0.2) is 15.7 Å². The van der Waals surface area contributed by atoms with Crippen LogP contribution in [0.2, 0.25) is 0 Å². The van der Waals surface area contributed by atoms with E-state index in [9.17, 15) is 19.5 Å². The molecular weight excluding hydrogens is 280 g/mol. The number of hydrogen-bond donors (Lipinski definition) is 2. The number of rotatable bonds is 4. The summed E-state index contributed by atoms with van der Waals surface area (Å²) in [5, 5.41) is 9.85. The number of thiophene rings is 1. The molecule has 0 radical (unpaired) electrons. The number of nitrogens with one attached hydrogen (secondary N) is 1. The van der Waals surface area contributed by atoms with E-state index < -0.39 is 22.8 Å². The molecule has 0 aliphatic heterocycles. The number of aromatic amines is 1. The van der Waals surface area contributed by atoms with Crippen LogP contribution in [0.5, 0.6) is 0 Å². The second kappa shape index (κ2) is 4.90. The van der Waals surface area contributed by atoms with Gasteiger partial charge in [0.15, 0.2) is 0 Å².